The minimum Gasteiger partial charge on any atom is -0.422 e. The van der Waals surface area contributed by atoms with Gasteiger partial charge in [0.25, 0.3) is 0 Å². The first-order chi connectivity index (χ1) is 5.41. The van der Waals surface area contributed by atoms with Crippen LogP contribution in [0.25, 0.3) is 0 Å². The van der Waals surface area contributed by atoms with Crippen LogP contribution in [0.15, 0.2) is 16.9 Å². The molecule has 0 saturated carbocycles. The quantitative estimate of drug-likeness (QED) is 0.528. The van der Waals surface area contributed by atoms with Gasteiger partial charge in [0, 0.05) is 0 Å². The molecule has 0 aromatic rings. The highest BCUT2D eigenvalue weighted by molar-refractivity contribution is 6.82. The van der Waals surface area contributed by atoms with Gasteiger partial charge in [-0.2, -0.15) is 18.3 Å². The molecule has 1 aliphatic heterocycles. The molecular formula is C4H3BF3N2O2. The molecule has 0 amide bonds. The molecule has 1 aliphatic rings. The van der Waals surface area contributed by atoms with Crippen LogP contribution in [-0.4, -0.2) is 29.0 Å². The first kappa shape index (κ1) is 9.08. The lowest BCUT2D eigenvalue weighted by atomic mass is 9.83. The lowest BCUT2D eigenvalue weighted by molar-refractivity contribution is -0.0964. The maximum absolute atomic E-state index is 11.8. The van der Waals surface area contributed by atoms with E-state index in [1.54, 1.807) is 0 Å². The van der Waals surface area contributed by atoms with Crippen molar-refractivity contribution in [3.63, 3.8) is 0 Å². The topological polar surface area (TPSA) is 66.9 Å². The van der Waals surface area contributed by atoms with Crippen molar-refractivity contribution in [2.75, 3.05) is 0 Å². The molecular weight excluding hydrogens is 176 g/mol. The Morgan fingerprint density at radius 2 is 1.92 bits per heavy atom. The number of halogens is 3. The summed E-state index contributed by atoms with van der Waals surface area (Å²) in [6.45, 7) is 0. The molecule has 4 nitrogen and oxygen atoms in total. The Kier molecular flexibility index (Phi) is 2.11. The van der Waals surface area contributed by atoms with Gasteiger partial charge in [-0.15, -0.1) is 5.43 Å². The SMILES string of the molecule is OB(O)C1=N[N]C(C(F)(F)F)=C1. The Morgan fingerprint density at radius 1 is 1.33 bits per heavy atom. The summed E-state index contributed by atoms with van der Waals surface area (Å²) in [7, 11) is -2.02. The Balaban J connectivity index is 2.74. The number of nitrogens with zero attached hydrogens (tertiary/aromatic N) is 2. The van der Waals surface area contributed by atoms with Gasteiger partial charge in [-0.1, -0.05) is 0 Å². The number of hydrogen-bond donors (Lipinski definition) is 2. The third-order valence-corrected chi connectivity index (χ3v) is 1.11. The maximum atomic E-state index is 11.8. The van der Waals surface area contributed by atoms with E-state index < -0.39 is 24.6 Å². The van der Waals surface area contributed by atoms with Crippen molar-refractivity contribution in [1.29, 1.82) is 0 Å². The Labute approximate surface area is 65.5 Å². The zero-order valence-electron chi connectivity index (χ0n) is 5.58. The summed E-state index contributed by atoms with van der Waals surface area (Å²) in [4.78, 5) is 0. The molecule has 1 rings (SSSR count). The molecule has 12 heavy (non-hydrogen) atoms. The second kappa shape index (κ2) is 2.79. The van der Waals surface area contributed by atoms with Gasteiger partial charge in [0.15, 0.2) is 5.70 Å². The Morgan fingerprint density at radius 3 is 2.17 bits per heavy atom. The molecule has 65 valence electrons. The second-order valence-electron chi connectivity index (χ2n) is 2.03. The zero-order valence-corrected chi connectivity index (χ0v) is 5.58. The molecule has 0 unspecified atom stereocenters. The predicted molar refractivity (Wildman–Crippen MR) is 33.9 cm³/mol. The monoisotopic (exact) mass is 179 g/mol. The van der Waals surface area contributed by atoms with E-state index in [0.29, 0.717) is 6.08 Å². The van der Waals surface area contributed by atoms with E-state index in [1.165, 1.54) is 0 Å². The van der Waals surface area contributed by atoms with Crippen LogP contribution in [-0.2, 0) is 0 Å². The average Bonchev–Trinajstić information content (AvgIpc) is 2.30. The third-order valence-electron chi connectivity index (χ3n) is 1.11. The normalized spacial score (nSPS) is 16.8. The van der Waals surface area contributed by atoms with Gasteiger partial charge in [-0.05, 0) is 6.08 Å². The summed E-state index contributed by atoms with van der Waals surface area (Å²) in [5, 5.41) is 19.7. The molecule has 0 bridgehead atoms. The summed E-state index contributed by atoms with van der Waals surface area (Å²) in [6.07, 6.45) is -4.12. The van der Waals surface area contributed by atoms with Crippen molar-refractivity contribution in [3.05, 3.63) is 11.8 Å². The van der Waals surface area contributed by atoms with E-state index in [0.717, 1.165) is 0 Å². The van der Waals surface area contributed by atoms with Crippen LogP contribution in [0.5, 0.6) is 0 Å². The number of rotatable bonds is 1. The molecule has 2 N–H and O–H groups in total. The molecule has 0 saturated heterocycles. The second-order valence-corrected chi connectivity index (χ2v) is 2.03. The molecule has 0 aliphatic carbocycles. The van der Waals surface area contributed by atoms with E-state index in [4.69, 9.17) is 10.0 Å². The highest BCUT2D eigenvalue weighted by atomic mass is 19.4. The average molecular weight is 179 g/mol. The maximum Gasteiger partial charge on any atom is 0.510 e. The first-order valence-electron chi connectivity index (χ1n) is 2.85. The van der Waals surface area contributed by atoms with Crippen LogP contribution in [0.3, 0.4) is 0 Å². The fraction of sp³-hybridized carbons (Fsp3) is 0.250. The van der Waals surface area contributed by atoms with Gasteiger partial charge in [-0.3, -0.25) is 0 Å². The molecule has 0 aromatic carbocycles. The van der Waals surface area contributed by atoms with Crippen molar-refractivity contribution < 1.29 is 23.2 Å². The number of alkyl halides is 3. The van der Waals surface area contributed by atoms with Gasteiger partial charge in [0.1, 0.15) is 0 Å². The van der Waals surface area contributed by atoms with Crippen molar-refractivity contribution in [2.24, 2.45) is 5.10 Å². The van der Waals surface area contributed by atoms with Crippen molar-refractivity contribution in [3.8, 4) is 0 Å². The highest BCUT2D eigenvalue weighted by Gasteiger charge is 2.39. The van der Waals surface area contributed by atoms with E-state index in [9.17, 15) is 13.2 Å². The summed E-state index contributed by atoms with van der Waals surface area (Å²) in [5.74, 6) is 0. The fourth-order valence-corrected chi connectivity index (χ4v) is 0.574. The Bertz CT molecular complexity index is 247. The minimum absolute atomic E-state index is 0.477. The summed E-state index contributed by atoms with van der Waals surface area (Å²) >= 11 is 0. The van der Waals surface area contributed by atoms with Crippen molar-refractivity contribution in [1.82, 2.24) is 5.43 Å². The Hall–Kier alpha value is -1.02. The highest BCUT2D eigenvalue weighted by Crippen LogP contribution is 2.26. The number of allylic oxidation sites excluding steroid dienone is 2. The van der Waals surface area contributed by atoms with E-state index >= 15 is 0 Å². The van der Waals surface area contributed by atoms with Crippen molar-refractivity contribution >= 4 is 12.7 Å². The lowest BCUT2D eigenvalue weighted by Crippen LogP contribution is -2.22. The summed E-state index contributed by atoms with van der Waals surface area (Å²) in [5.41, 5.74) is 0.971. The summed E-state index contributed by atoms with van der Waals surface area (Å²) < 4.78 is 35.4. The van der Waals surface area contributed by atoms with Crippen LogP contribution < -0.4 is 5.43 Å². The molecule has 0 aromatic heterocycles. The van der Waals surface area contributed by atoms with Crippen LogP contribution in [0, 0.1) is 0 Å². The van der Waals surface area contributed by atoms with E-state index in [1.807, 2.05) is 0 Å². The predicted octanol–water partition coefficient (Wildman–Crippen LogP) is -0.581. The van der Waals surface area contributed by atoms with Gasteiger partial charge in [0.2, 0.25) is 0 Å². The lowest BCUT2D eigenvalue weighted by Gasteiger charge is -2.02. The van der Waals surface area contributed by atoms with Crippen LogP contribution >= 0.6 is 0 Å². The third kappa shape index (κ3) is 1.77. The molecule has 0 fully saturated rings. The van der Waals surface area contributed by atoms with Crippen LogP contribution in [0.2, 0.25) is 0 Å². The zero-order chi connectivity index (χ0) is 9.35. The molecule has 1 heterocycles. The standard InChI is InChI=1S/C4H3BF3N2O2/c6-4(7,8)2-1-3(5(11)12)10-9-2/h1,11-12H. The fourth-order valence-electron chi connectivity index (χ4n) is 0.574. The largest absolute Gasteiger partial charge is 0.510 e. The van der Waals surface area contributed by atoms with Gasteiger partial charge in [-0.25, -0.2) is 0 Å². The van der Waals surface area contributed by atoms with Gasteiger partial charge in [0.05, 0.1) is 5.61 Å². The van der Waals surface area contributed by atoms with E-state index in [2.05, 4.69) is 10.5 Å². The molecule has 8 heteroatoms. The first-order valence-corrected chi connectivity index (χ1v) is 2.85. The summed E-state index contributed by atoms with van der Waals surface area (Å²) in [6, 6.07) is 0. The van der Waals surface area contributed by atoms with Crippen LogP contribution in [0.1, 0.15) is 0 Å². The van der Waals surface area contributed by atoms with Crippen molar-refractivity contribution in [2.45, 2.75) is 6.18 Å². The van der Waals surface area contributed by atoms with Gasteiger partial charge >= 0.3 is 13.3 Å². The van der Waals surface area contributed by atoms with Gasteiger partial charge < -0.3 is 10.0 Å². The van der Waals surface area contributed by atoms with E-state index in [-0.39, 0.29) is 0 Å². The molecule has 0 atom stereocenters. The molecule has 1 radical (unpaired) electrons. The number of hydrogen-bond acceptors (Lipinski definition) is 3. The molecule has 0 spiro atoms. The smallest absolute Gasteiger partial charge is 0.422 e. The minimum atomic E-state index is -4.60. The van der Waals surface area contributed by atoms with Crippen LogP contribution in [0.4, 0.5) is 13.2 Å².